The highest BCUT2D eigenvalue weighted by Gasteiger charge is 2.34. The minimum Gasteiger partial charge on any atom is -0.368 e. The topological polar surface area (TPSA) is 102 Å². The van der Waals surface area contributed by atoms with Crippen LogP contribution in [-0.4, -0.2) is 54.9 Å². The molecule has 1 aliphatic heterocycles. The summed E-state index contributed by atoms with van der Waals surface area (Å²) in [6.45, 7) is 0.710. The lowest BCUT2D eigenvalue weighted by Gasteiger charge is -2.22. The van der Waals surface area contributed by atoms with Crippen molar-refractivity contribution < 1.29 is 9.18 Å². The van der Waals surface area contributed by atoms with Crippen molar-refractivity contribution >= 4 is 44.9 Å². The van der Waals surface area contributed by atoms with E-state index in [1.165, 1.54) is 35.9 Å². The molecule has 0 bridgehead atoms. The summed E-state index contributed by atoms with van der Waals surface area (Å²) < 4.78 is 16.4. The second kappa shape index (κ2) is 7.75. The van der Waals surface area contributed by atoms with E-state index >= 15 is 0 Å². The Labute approximate surface area is 191 Å². The molecule has 2 atom stereocenters. The minimum atomic E-state index is -0.929. The van der Waals surface area contributed by atoms with Crippen LogP contribution in [0.2, 0.25) is 0 Å². The number of hydrogen-bond donors (Lipinski definition) is 1. The quantitative estimate of drug-likeness (QED) is 0.462. The van der Waals surface area contributed by atoms with E-state index in [1.807, 2.05) is 30.3 Å². The number of hydrogen-bond acceptors (Lipinski definition) is 8. The number of amides is 1. The van der Waals surface area contributed by atoms with Gasteiger partial charge in [-0.2, -0.15) is 9.61 Å². The maximum absolute atomic E-state index is 13.7. The maximum Gasteiger partial charge on any atom is 0.241 e. The van der Waals surface area contributed by atoms with Gasteiger partial charge in [0.15, 0.2) is 5.65 Å². The number of likely N-dealkylation sites (tertiary alicyclic amines) is 1. The molecule has 164 valence electrons. The number of aromatic nitrogens is 5. The van der Waals surface area contributed by atoms with Crippen molar-refractivity contribution in [2.75, 3.05) is 13.1 Å². The second-order valence-corrected chi connectivity index (χ2v) is 10.4. The second-order valence-electron chi connectivity index (χ2n) is 8.25. The number of nitrogens with zero attached hydrogens (tertiary/aromatic N) is 6. The van der Waals surface area contributed by atoms with Gasteiger partial charge in [0.05, 0.1) is 15.9 Å². The summed E-state index contributed by atoms with van der Waals surface area (Å²) in [6, 6.07) is 9.20. The normalized spacial score (nSPS) is 20.3. The number of primary amides is 1. The lowest BCUT2D eigenvalue weighted by molar-refractivity contribution is -0.123. The Kier molecular flexibility index (Phi) is 4.85. The van der Waals surface area contributed by atoms with Gasteiger partial charge in [-0.25, -0.2) is 9.37 Å². The molecule has 2 aliphatic rings. The lowest BCUT2D eigenvalue weighted by Crippen LogP contribution is -2.36. The highest BCUT2D eigenvalue weighted by molar-refractivity contribution is 7.99. The van der Waals surface area contributed by atoms with Crippen LogP contribution in [0.3, 0.4) is 0 Å². The SMILES string of the molecule is NC(=O)C(c1nc2ccc(Sc3nnc4ccc(C5CC5)nn34)cc2s1)N1CCC(F)C1. The van der Waals surface area contributed by atoms with Crippen LogP contribution in [0.25, 0.3) is 15.9 Å². The van der Waals surface area contributed by atoms with Crippen LogP contribution < -0.4 is 5.73 Å². The summed E-state index contributed by atoms with van der Waals surface area (Å²) in [5, 5.41) is 14.6. The number of nitrogens with two attached hydrogens (primary N) is 1. The third-order valence-corrected chi connectivity index (χ3v) is 7.86. The number of fused-ring (bicyclic) bond motifs is 2. The number of halogens is 1. The molecule has 6 rings (SSSR count). The zero-order chi connectivity index (χ0) is 21.8. The fourth-order valence-corrected chi connectivity index (χ4v) is 6.14. The molecule has 2 unspecified atom stereocenters. The van der Waals surface area contributed by atoms with Gasteiger partial charge in [0, 0.05) is 23.9 Å². The van der Waals surface area contributed by atoms with E-state index in [9.17, 15) is 9.18 Å². The van der Waals surface area contributed by atoms with Crippen LogP contribution in [0.15, 0.2) is 40.4 Å². The number of carbonyl (C=O) groups excluding carboxylic acids is 1. The molecular weight excluding hydrogens is 449 g/mol. The zero-order valence-corrected chi connectivity index (χ0v) is 18.7. The van der Waals surface area contributed by atoms with Gasteiger partial charge in [-0.3, -0.25) is 9.69 Å². The third kappa shape index (κ3) is 3.63. The van der Waals surface area contributed by atoms with E-state index in [1.54, 1.807) is 9.42 Å². The molecule has 1 amide bonds. The molecule has 8 nitrogen and oxygen atoms in total. The Hall–Kier alpha value is -2.63. The van der Waals surface area contributed by atoms with Crippen molar-refractivity contribution in [2.45, 2.75) is 47.4 Å². The van der Waals surface area contributed by atoms with Gasteiger partial charge in [-0.1, -0.05) is 0 Å². The predicted octanol–water partition coefficient (Wildman–Crippen LogP) is 3.33. The van der Waals surface area contributed by atoms with Crippen LogP contribution in [0.4, 0.5) is 4.39 Å². The van der Waals surface area contributed by atoms with Gasteiger partial charge in [-0.05, 0) is 61.4 Å². The number of rotatable bonds is 6. The van der Waals surface area contributed by atoms with Crippen LogP contribution in [0, 0.1) is 0 Å². The first-order valence-electron chi connectivity index (χ1n) is 10.5. The van der Waals surface area contributed by atoms with E-state index < -0.39 is 18.1 Å². The molecule has 0 radical (unpaired) electrons. The molecule has 1 saturated carbocycles. The van der Waals surface area contributed by atoms with Crippen molar-refractivity contribution in [3.63, 3.8) is 0 Å². The molecule has 1 aromatic carbocycles. The van der Waals surface area contributed by atoms with Gasteiger partial charge >= 0.3 is 0 Å². The van der Waals surface area contributed by atoms with Crippen LogP contribution in [0.5, 0.6) is 0 Å². The Morgan fingerprint density at radius 2 is 2.09 bits per heavy atom. The van der Waals surface area contributed by atoms with Gasteiger partial charge in [0.2, 0.25) is 11.1 Å². The molecule has 4 aromatic rings. The summed E-state index contributed by atoms with van der Waals surface area (Å²) in [5.41, 5.74) is 8.25. The van der Waals surface area contributed by atoms with Gasteiger partial charge in [-0.15, -0.1) is 21.5 Å². The zero-order valence-electron chi connectivity index (χ0n) is 17.0. The molecule has 32 heavy (non-hydrogen) atoms. The summed E-state index contributed by atoms with van der Waals surface area (Å²) in [7, 11) is 0. The van der Waals surface area contributed by atoms with E-state index in [0.29, 0.717) is 29.0 Å². The van der Waals surface area contributed by atoms with E-state index in [4.69, 9.17) is 10.8 Å². The fraction of sp³-hybridized carbons (Fsp3) is 0.381. The number of carbonyl (C=O) groups is 1. The van der Waals surface area contributed by atoms with Crippen molar-refractivity contribution in [2.24, 2.45) is 5.73 Å². The standard InChI is InChI=1S/C21H20FN7OS2/c22-12-7-8-28(10-12)18(19(23)30)20-24-15-4-3-13(9-16(15)32-20)31-21-26-25-17-6-5-14(11-1-2-11)27-29(17)21/h3-6,9,11-12,18H,1-2,7-8,10H2,(H2,23,30). The molecule has 1 saturated heterocycles. The summed E-state index contributed by atoms with van der Waals surface area (Å²) >= 11 is 2.90. The average Bonchev–Trinajstić information content (AvgIpc) is 3.23. The Morgan fingerprint density at radius 1 is 1.22 bits per heavy atom. The third-order valence-electron chi connectivity index (χ3n) is 5.87. The largest absolute Gasteiger partial charge is 0.368 e. The van der Waals surface area contributed by atoms with E-state index in [0.717, 1.165) is 26.5 Å². The van der Waals surface area contributed by atoms with Crippen molar-refractivity contribution in [3.05, 3.63) is 41.0 Å². The molecule has 2 N–H and O–H groups in total. The van der Waals surface area contributed by atoms with Gasteiger partial charge in [0.25, 0.3) is 0 Å². The van der Waals surface area contributed by atoms with Crippen molar-refractivity contribution in [1.29, 1.82) is 0 Å². The molecule has 1 aliphatic carbocycles. The number of thiazole rings is 1. The first-order valence-corrected chi connectivity index (χ1v) is 12.2. The Balaban J connectivity index is 1.30. The molecule has 11 heteroatoms. The minimum absolute atomic E-state index is 0.209. The highest BCUT2D eigenvalue weighted by atomic mass is 32.2. The molecule has 4 heterocycles. The molecular formula is C21H20FN7OS2. The monoisotopic (exact) mass is 469 g/mol. The smallest absolute Gasteiger partial charge is 0.241 e. The maximum atomic E-state index is 13.7. The lowest BCUT2D eigenvalue weighted by atomic mass is 10.2. The van der Waals surface area contributed by atoms with E-state index in [-0.39, 0.29) is 6.54 Å². The summed E-state index contributed by atoms with van der Waals surface area (Å²) in [4.78, 5) is 19.5. The Morgan fingerprint density at radius 3 is 2.84 bits per heavy atom. The van der Waals surface area contributed by atoms with Gasteiger partial charge in [0.1, 0.15) is 17.2 Å². The fourth-order valence-electron chi connectivity index (χ4n) is 4.09. The molecule has 0 spiro atoms. The van der Waals surface area contributed by atoms with Crippen LogP contribution >= 0.6 is 23.1 Å². The first kappa shape index (κ1) is 20.0. The predicted molar refractivity (Wildman–Crippen MR) is 120 cm³/mol. The number of benzene rings is 1. The highest BCUT2D eigenvalue weighted by Crippen LogP contribution is 2.39. The molecule has 3 aromatic heterocycles. The molecule has 2 fully saturated rings. The van der Waals surface area contributed by atoms with Crippen LogP contribution in [0.1, 0.15) is 41.9 Å². The summed E-state index contributed by atoms with van der Waals surface area (Å²) in [5.74, 6) is 0.0494. The van der Waals surface area contributed by atoms with Crippen molar-refractivity contribution in [1.82, 2.24) is 29.7 Å². The van der Waals surface area contributed by atoms with Gasteiger partial charge < -0.3 is 5.73 Å². The summed E-state index contributed by atoms with van der Waals surface area (Å²) in [6.07, 6.45) is 1.85. The average molecular weight is 470 g/mol. The first-order chi connectivity index (χ1) is 15.5. The van der Waals surface area contributed by atoms with Crippen LogP contribution in [-0.2, 0) is 4.79 Å². The number of alkyl halides is 1. The Bertz CT molecular complexity index is 1330. The van der Waals surface area contributed by atoms with E-state index in [2.05, 4.69) is 15.2 Å². The van der Waals surface area contributed by atoms with Crippen molar-refractivity contribution in [3.8, 4) is 0 Å².